The summed E-state index contributed by atoms with van der Waals surface area (Å²) in [5.41, 5.74) is 4.61. The zero-order chi connectivity index (χ0) is 21.9. The van der Waals surface area contributed by atoms with Crippen LogP contribution in [0.15, 0.2) is 41.3 Å². The Labute approximate surface area is 179 Å². The minimum atomic E-state index is -3.55. The summed E-state index contributed by atoms with van der Waals surface area (Å²) >= 11 is 0. The van der Waals surface area contributed by atoms with E-state index in [1.165, 1.54) is 49.1 Å². The summed E-state index contributed by atoms with van der Waals surface area (Å²) in [4.78, 5) is 12.7. The van der Waals surface area contributed by atoms with Gasteiger partial charge in [0.2, 0.25) is 15.9 Å². The van der Waals surface area contributed by atoms with Crippen LogP contribution in [-0.2, 0) is 34.1 Å². The summed E-state index contributed by atoms with van der Waals surface area (Å²) < 4.78 is 31.4. The second-order valence-corrected chi connectivity index (χ2v) is 10.1. The summed E-state index contributed by atoms with van der Waals surface area (Å²) in [6.45, 7) is 1.99. The van der Waals surface area contributed by atoms with E-state index in [4.69, 9.17) is 4.74 Å². The molecule has 7 heteroatoms. The molecule has 0 saturated carbocycles. The Balaban J connectivity index is 1.66. The van der Waals surface area contributed by atoms with Gasteiger partial charge in [0.1, 0.15) is 5.75 Å². The first-order valence-corrected chi connectivity index (χ1v) is 11.7. The Hall–Kier alpha value is -2.38. The van der Waals surface area contributed by atoms with Gasteiger partial charge in [0.25, 0.3) is 0 Å². The number of nitrogens with one attached hydrogen (secondary N) is 1. The van der Waals surface area contributed by atoms with Crippen molar-refractivity contribution in [3.05, 3.63) is 58.7 Å². The van der Waals surface area contributed by atoms with E-state index in [9.17, 15) is 13.2 Å². The molecule has 30 heavy (non-hydrogen) atoms. The van der Waals surface area contributed by atoms with Gasteiger partial charge in [-0.05, 0) is 73.1 Å². The Morgan fingerprint density at radius 2 is 1.87 bits per heavy atom. The third-order valence-electron chi connectivity index (χ3n) is 5.65. The number of fused-ring (bicyclic) bond motifs is 1. The Morgan fingerprint density at radius 1 is 1.13 bits per heavy atom. The molecule has 2 aromatic rings. The van der Waals surface area contributed by atoms with E-state index in [0.29, 0.717) is 17.7 Å². The van der Waals surface area contributed by atoms with Crippen LogP contribution in [0.25, 0.3) is 0 Å². The highest BCUT2D eigenvalue weighted by atomic mass is 32.2. The molecule has 1 aliphatic carbocycles. The molecule has 2 aromatic carbocycles. The number of rotatable bonds is 8. The molecule has 0 saturated heterocycles. The molecule has 1 aliphatic rings. The number of carbonyl (C=O) groups excluding carboxylic acids is 1. The van der Waals surface area contributed by atoms with Gasteiger partial charge >= 0.3 is 0 Å². The molecule has 0 bridgehead atoms. The van der Waals surface area contributed by atoms with Crippen LogP contribution in [0.2, 0.25) is 0 Å². The van der Waals surface area contributed by atoms with Gasteiger partial charge in [-0.3, -0.25) is 4.79 Å². The van der Waals surface area contributed by atoms with Gasteiger partial charge in [-0.2, -0.15) is 0 Å². The zero-order valence-corrected chi connectivity index (χ0v) is 18.9. The first kappa shape index (κ1) is 22.3. The topological polar surface area (TPSA) is 75.7 Å². The third kappa shape index (κ3) is 4.84. The van der Waals surface area contributed by atoms with Crippen LogP contribution >= 0.6 is 0 Å². The molecule has 6 nitrogen and oxygen atoms in total. The van der Waals surface area contributed by atoms with Crippen LogP contribution in [0, 0.1) is 0 Å². The van der Waals surface area contributed by atoms with Gasteiger partial charge in [0, 0.05) is 20.5 Å². The lowest BCUT2D eigenvalue weighted by molar-refractivity contribution is -0.121. The highest BCUT2D eigenvalue weighted by Gasteiger charge is 2.20. The lowest BCUT2D eigenvalue weighted by atomic mass is 10.0. The summed E-state index contributed by atoms with van der Waals surface area (Å²) in [6, 6.07) is 11.1. The molecule has 1 N–H and O–H groups in total. The van der Waals surface area contributed by atoms with Crippen LogP contribution in [0.1, 0.15) is 48.1 Å². The van der Waals surface area contributed by atoms with Gasteiger partial charge in [0.05, 0.1) is 18.0 Å². The van der Waals surface area contributed by atoms with E-state index in [2.05, 4.69) is 23.5 Å². The monoisotopic (exact) mass is 430 g/mol. The van der Waals surface area contributed by atoms with E-state index < -0.39 is 10.0 Å². The van der Waals surface area contributed by atoms with Crippen molar-refractivity contribution in [1.82, 2.24) is 9.62 Å². The Kier molecular flexibility index (Phi) is 6.83. The predicted octanol–water partition coefficient (Wildman–Crippen LogP) is 3.24. The normalized spacial score (nSPS) is 14.4. The van der Waals surface area contributed by atoms with Gasteiger partial charge < -0.3 is 10.1 Å². The van der Waals surface area contributed by atoms with Crippen molar-refractivity contribution in [2.24, 2.45) is 0 Å². The van der Waals surface area contributed by atoms with E-state index in [1.54, 1.807) is 12.1 Å². The quantitative estimate of drug-likeness (QED) is 0.698. The number of amides is 1. The fraction of sp³-hybridized carbons (Fsp3) is 0.435. The fourth-order valence-electron chi connectivity index (χ4n) is 3.83. The van der Waals surface area contributed by atoms with Gasteiger partial charge in [0.15, 0.2) is 0 Å². The number of sulfonamides is 1. The lowest BCUT2D eigenvalue weighted by Gasteiger charge is -2.17. The standard InChI is InChI=1S/C23H30N2O4S/c1-16(18-9-8-17-6-5-7-19(17)14-18)24-23(26)13-10-20-15-21(11-12-22(20)29-4)30(27,28)25(2)3/h8-9,11-12,14-16H,5-7,10,13H2,1-4H3,(H,24,26)/t16-/m1/s1. The SMILES string of the molecule is COc1ccc(S(=O)(=O)N(C)C)cc1CCC(=O)N[C@H](C)c1ccc2c(c1)CCC2. The first-order chi connectivity index (χ1) is 14.2. The number of aryl methyl sites for hydroxylation is 3. The van der Waals surface area contributed by atoms with Gasteiger partial charge in [-0.1, -0.05) is 18.2 Å². The molecule has 0 heterocycles. The number of carbonyl (C=O) groups is 1. The summed E-state index contributed by atoms with van der Waals surface area (Å²) in [5.74, 6) is 0.498. The molecule has 0 radical (unpaired) electrons. The van der Waals surface area contributed by atoms with Gasteiger partial charge in [-0.25, -0.2) is 12.7 Å². The molecule has 162 valence electrons. The highest BCUT2D eigenvalue weighted by molar-refractivity contribution is 7.89. The molecule has 1 atom stereocenters. The molecule has 0 aliphatic heterocycles. The maximum atomic E-state index is 12.5. The predicted molar refractivity (Wildman–Crippen MR) is 117 cm³/mol. The summed E-state index contributed by atoms with van der Waals surface area (Å²) in [7, 11) is 0.977. The van der Waals surface area contributed by atoms with E-state index in [-0.39, 0.29) is 23.3 Å². The molecule has 0 spiro atoms. The van der Waals surface area contributed by atoms with E-state index in [0.717, 1.165) is 18.4 Å². The molecule has 0 unspecified atom stereocenters. The largest absolute Gasteiger partial charge is 0.496 e. The minimum absolute atomic E-state index is 0.0779. The van der Waals surface area contributed by atoms with E-state index in [1.807, 2.05) is 6.92 Å². The maximum absolute atomic E-state index is 12.5. The number of benzene rings is 2. The fourth-order valence-corrected chi connectivity index (χ4v) is 4.78. The molecular weight excluding hydrogens is 400 g/mol. The molecule has 0 aromatic heterocycles. The smallest absolute Gasteiger partial charge is 0.242 e. The third-order valence-corrected chi connectivity index (χ3v) is 7.46. The van der Waals surface area contributed by atoms with Crippen molar-refractivity contribution < 1.29 is 17.9 Å². The van der Waals surface area contributed by atoms with Crippen molar-refractivity contribution in [2.45, 2.75) is 50.0 Å². The number of hydrogen-bond donors (Lipinski definition) is 1. The number of nitrogens with zero attached hydrogens (tertiary/aromatic N) is 1. The highest BCUT2D eigenvalue weighted by Crippen LogP contribution is 2.27. The molecular formula is C23H30N2O4S. The maximum Gasteiger partial charge on any atom is 0.242 e. The number of methoxy groups -OCH3 is 1. The molecule has 3 rings (SSSR count). The van der Waals surface area contributed by atoms with E-state index >= 15 is 0 Å². The van der Waals surface area contributed by atoms with Crippen molar-refractivity contribution in [3.8, 4) is 5.75 Å². The second kappa shape index (κ2) is 9.18. The summed E-state index contributed by atoms with van der Waals surface area (Å²) in [6.07, 6.45) is 4.08. The summed E-state index contributed by atoms with van der Waals surface area (Å²) in [5, 5.41) is 3.05. The second-order valence-electron chi connectivity index (χ2n) is 7.93. The van der Waals surface area contributed by atoms with Crippen molar-refractivity contribution in [1.29, 1.82) is 0 Å². The average molecular weight is 431 g/mol. The van der Waals surface area contributed by atoms with Crippen LogP contribution in [-0.4, -0.2) is 39.8 Å². The minimum Gasteiger partial charge on any atom is -0.496 e. The average Bonchev–Trinajstić information content (AvgIpc) is 3.19. The first-order valence-electron chi connectivity index (χ1n) is 10.2. The van der Waals surface area contributed by atoms with Crippen LogP contribution in [0.5, 0.6) is 5.75 Å². The van der Waals surface area contributed by atoms with Crippen molar-refractivity contribution in [3.63, 3.8) is 0 Å². The Morgan fingerprint density at radius 3 is 2.57 bits per heavy atom. The van der Waals surface area contributed by atoms with Crippen molar-refractivity contribution >= 4 is 15.9 Å². The van der Waals surface area contributed by atoms with Crippen LogP contribution in [0.3, 0.4) is 0 Å². The van der Waals surface area contributed by atoms with Crippen LogP contribution < -0.4 is 10.1 Å². The van der Waals surface area contributed by atoms with Crippen LogP contribution in [0.4, 0.5) is 0 Å². The lowest BCUT2D eigenvalue weighted by Crippen LogP contribution is -2.27. The van der Waals surface area contributed by atoms with Gasteiger partial charge in [-0.15, -0.1) is 0 Å². The molecule has 0 fully saturated rings. The Bertz CT molecular complexity index is 1030. The number of ether oxygens (including phenoxy) is 1. The molecule has 1 amide bonds. The zero-order valence-electron chi connectivity index (χ0n) is 18.1. The van der Waals surface area contributed by atoms with Crippen molar-refractivity contribution in [2.75, 3.05) is 21.2 Å². The number of hydrogen-bond acceptors (Lipinski definition) is 4.